The number of nitrogens with zero attached hydrogens (tertiary/aromatic N) is 2. The molecule has 0 aliphatic rings. The lowest BCUT2D eigenvalue weighted by Gasteiger charge is -2.13. The van der Waals surface area contributed by atoms with Gasteiger partial charge in [-0.25, -0.2) is 9.37 Å². The number of amides is 1. The Labute approximate surface area is 176 Å². The van der Waals surface area contributed by atoms with Crippen LogP contribution in [-0.2, 0) is 11.3 Å². The number of hydrogen-bond acceptors (Lipinski definition) is 4. The van der Waals surface area contributed by atoms with Crippen molar-refractivity contribution in [1.29, 1.82) is 0 Å². The fourth-order valence-electron chi connectivity index (χ4n) is 3.63. The number of benzene rings is 2. The first-order valence-corrected chi connectivity index (χ1v) is 10.3. The smallest absolute Gasteiger partial charge is 0.263 e. The van der Waals surface area contributed by atoms with E-state index >= 15 is 0 Å². The SMILES string of the molecule is Cc1cc(C)c(NC(=O)Cn2cnc3scc(-c4ccc(F)cc4)c3c2=O)c(C)c1. The zero-order chi connectivity index (χ0) is 21.4. The van der Waals surface area contributed by atoms with E-state index in [2.05, 4.69) is 10.3 Å². The summed E-state index contributed by atoms with van der Waals surface area (Å²) in [7, 11) is 0. The van der Waals surface area contributed by atoms with Crippen LogP contribution in [-0.4, -0.2) is 15.5 Å². The number of anilines is 1. The lowest BCUT2D eigenvalue weighted by Crippen LogP contribution is -2.28. The van der Waals surface area contributed by atoms with Crippen molar-refractivity contribution in [1.82, 2.24) is 9.55 Å². The number of aromatic nitrogens is 2. The number of nitrogens with one attached hydrogen (secondary N) is 1. The number of aryl methyl sites for hydroxylation is 3. The van der Waals surface area contributed by atoms with Gasteiger partial charge in [0.1, 0.15) is 17.2 Å². The van der Waals surface area contributed by atoms with Gasteiger partial charge >= 0.3 is 0 Å². The predicted molar refractivity (Wildman–Crippen MR) is 119 cm³/mol. The lowest BCUT2D eigenvalue weighted by atomic mass is 10.1. The molecule has 0 aliphatic carbocycles. The summed E-state index contributed by atoms with van der Waals surface area (Å²) < 4.78 is 14.6. The first-order valence-electron chi connectivity index (χ1n) is 9.44. The molecular formula is C23H20FN3O2S. The van der Waals surface area contributed by atoms with Crippen LogP contribution in [0.1, 0.15) is 16.7 Å². The number of thiophene rings is 1. The Kier molecular flexibility index (Phi) is 5.22. The molecular weight excluding hydrogens is 401 g/mol. The summed E-state index contributed by atoms with van der Waals surface area (Å²) in [6.07, 6.45) is 1.39. The maximum Gasteiger partial charge on any atom is 0.263 e. The molecule has 7 heteroatoms. The molecule has 2 heterocycles. The van der Waals surface area contributed by atoms with Crippen molar-refractivity contribution in [3.8, 4) is 11.1 Å². The zero-order valence-electron chi connectivity index (χ0n) is 16.8. The van der Waals surface area contributed by atoms with Crippen LogP contribution >= 0.6 is 11.3 Å². The van der Waals surface area contributed by atoms with Crippen molar-refractivity contribution in [3.63, 3.8) is 0 Å². The van der Waals surface area contributed by atoms with Crippen molar-refractivity contribution in [2.75, 3.05) is 5.32 Å². The van der Waals surface area contributed by atoms with E-state index in [9.17, 15) is 14.0 Å². The molecule has 0 spiro atoms. The Balaban J connectivity index is 1.66. The van der Waals surface area contributed by atoms with Gasteiger partial charge in [0.25, 0.3) is 5.56 Å². The van der Waals surface area contributed by atoms with Gasteiger partial charge in [-0.3, -0.25) is 14.2 Å². The summed E-state index contributed by atoms with van der Waals surface area (Å²) in [6.45, 7) is 5.74. The molecule has 152 valence electrons. The van der Waals surface area contributed by atoms with E-state index < -0.39 is 0 Å². The van der Waals surface area contributed by atoms with Crippen LogP contribution in [0.5, 0.6) is 0 Å². The largest absolute Gasteiger partial charge is 0.324 e. The molecule has 0 saturated heterocycles. The third kappa shape index (κ3) is 3.76. The van der Waals surface area contributed by atoms with E-state index in [1.54, 1.807) is 12.1 Å². The molecule has 4 rings (SSSR count). The second-order valence-corrected chi connectivity index (χ2v) is 8.19. The first-order chi connectivity index (χ1) is 14.3. The fourth-order valence-corrected chi connectivity index (χ4v) is 4.54. The van der Waals surface area contributed by atoms with Crippen LogP contribution in [0.4, 0.5) is 10.1 Å². The van der Waals surface area contributed by atoms with E-state index in [1.807, 2.05) is 38.3 Å². The number of halogens is 1. The van der Waals surface area contributed by atoms with Crippen LogP contribution in [0.3, 0.4) is 0 Å². The van der Waals surface area contributed by atoms with E-state index in [-0.39, 0.29) is 23.8 Å². The average molecular weight is 421 g/mol. The number of fused-ring (bicyclic) bond motifs is 1. The highest BCUT2D eigenvalue weighted by Crippen LogP contribution is 2.30. The van der Waals surface area contributed by atoms with Crippen molar-refractivity contribution in [2.45, 2.75) is 27.3 Å². The summed E-state index contributed by atoms with van der Waals surface area (Å²) in [5.41, 5.74) is 4.95. The van der Waals surface area contributed by atoms with E-state index in [0.29, 0.717) is 15.8 Å². The van der Waals surface area contributed by atoms with Crippen LogP contribution in [0.15, 0.2) is 52.9 Å². The predicted octanol–water partition coefficient (Wildman–Crippen LogP) is 4.83. The Bertz CT molecular complexity index is 1300. The molecule has 0 aliphatic heterocycles. The molecule has 2 aromatic carbocycles. The van der Waals surface area contributed by atoms with E-state index in [1.165, 1.54) is 34.4 Å². The Hall–Kier alpha value is -3.32. The second kappa shape index (κ2) is 7.84. The molecule has 0 atom stereocenters. The van der Waals surface area contributed by atoms with Crippen LogP contribution in [0.25, 0.3) is 21.3 Å². The minimum atomic E-state index is -0.341. The summed E-state index contributed by atoms with van der Waals surface area (Å²) >= 11 is 1.34. The first kappa shape index (κ1) is 20.0. The average Bonchev–Trinajstić information content (AvgIpc) is 3.12. The summed E-state index contributed by atoms with van der Waals surface area (Å²) in [4.78, 5) is 30.7. The lowest BCUT2D eigenvalue weighted by molar-refractivity contribution is -0.116. The number of carbonyl (C=O) groups excluding carboxylic acids is 1. The molecule has 30 heavy (non-hydrogen) atoms. The topological polar surface area (TPSA) is 64.0 Å². The number of carbonyl (C=O) groups is 1. The minimum absolute atomic E-state index is 0.146. The van der Waals surface area contributed by atoms with Crippen molar-refractivity contribution in [3.05, 3.63) is 81.0 Å². The van der Waals surface area contributed by atoms with Crippen LogP contribution < -0.4 is 10.9 Å². The monoisotopic (exact) mass is 421 g/mol. The Morgan fingerprint density at radius 3 is 2.47 bits per heavy atom. The van der Waals surface area contributed by atoms with Gasteiger partial charge in [-0.05, 0) is 49.6 Å². The third-order valence-electron chi connectivity index (χ3n) is 4.97. The van der Waals surface area contributed by atoms with Gasteiger partial charge in [-0.1, -0.05) is 29.8 Å². The molecule has 0 bridgehead atoms. The molecule has 1 N–H and O–H groups in total. The Morgan fingerprint density at radius 2 is 1.80 bits per heavy atom. The van der Waals surface area contributed by atoms with Gasteiger partial charge in [0.05, 0.1) is 11.7 Å². The maximum atomic E-state index is 13.3. The standard InChI is InChI=1S/C23H20FN3O2S/c1-13-8-14(2)21(15(3)9-13)26-19(28)10-27-12-25-22-20(23(27)29)18(11-30-22)16-4-6-17(24)7-5-16/h4-9,11-12H,10H2,1-3H3,(H,26,28). The fraction of sp³-hybridized carbons (Fsp3) is 0.174. The molecule has 2 aromatic heterocycles. The molecule has 0 fully saturated rings. The van der Waals surface area contributed by atoms with Crippen molar-refractivity contribution >= 4 is 33.1 Å². The van der Waals surface area contributed by atoms with Crippen LogP contribution in [0.2, 0.25) is 0 Å². The highest BCUT2D eigenvalue weighted by molar-refractivity contribution is 7.17. The van der Waals surface area contributed by atoms with Gasteiger partial charge in [0, 0.05) is 16.6 Å². The van der Waals surface area contributed by atoms with E-state index in [4.69, 9.17) is 0 Å². The van der Waals surface area contributed by atoms with Crippen molar-refractivity contribution in [2.24, 2.45) is 0 Å². The van der Waals surface area contributed by atoms with Gasteiger partial charge in [-0.2, -0.15) is 0 Å². The zero-order valence-corrected chi connectivity index (χ0v) is 17.6. The molecule has 0 radical (unpaired) electrons. The van der Waals surface area contributed by atoms with Gasteiger partial charge in [0.2, 0.25) is 5.91 Å². The quantitative estimate of drug-likeness (QED) is 0.513. The van der Waals surface area contributed by atoms with Gasteiger partial charge < -0.3 is 5.32 Å². The van der Waals surface area contributed by atoms with Crippen LogP contribution in [0, 0.1) is 26.6 Å². The minimum Gasteiger partial charge on any atom is -0.324 e. The molecule has 5 nitrogen and oxygen atoms in total. The van der Waals surface area contributed by atoms with Gasteiger partial charge in [0.15, 0.2) is 0 Å². The normalized spacial score (nSPS) is 11.1. The van der Waals surface area contributed by atoms with Crippen molar-refractivity contribution < 1.29 is 9.18 Å². The van der Waals surface area contributed by atoms with E-state index in [0.717, 1.165) is 27.9 Å². The Morgan fingerprint density at radius 1 is 1.13 bits per heavy atom. The summed E-state index contributed by atoms with van der Waals surface area (Å²) in [6, 6.07) is 9.97. The molecule has 4 aromatic rings. The molecule has 1 amide bonds. The third-order valence-corrected chi connectivity index (χ3v) is 5.86. The second-order valence-electron chi connectivity index (χ2n) is 7.34. The highest BCUT2D eigenvalue weighted by atomic mass is 32.1. The summed E-state index contributed by atoms with van der Waals surface area (Å²) in [5, 5.41) is 5.17. The van der Waals surface area contributed by atoms with Gasteiger partial charge in [-0.15, -0.1) is 11.3 Å². The molecule has 0 unspecified atom stereocenters. The summed E-state index contributed by atoms with van der Waals surface area (Å²) in [5.74, 6) is -0.640. The maximum absolute atomic E-state index is 13.3. The number of hydrogen-bond donors (Lipinski definition) is 1. The number of rotatable bonds is 4. The highest BCUT2D eigenvalue weighted by Gasteiger charge is 2.15. The molecule has 0 saturated carbocycles.